The summed E-state index contributed by atoms with van der Waals surface area (Å²) in [6.45, 7) is 8.68. The van der Waals surface area contributed by atoms with Gasteiger partial charge in [-0.2, -0.15) is 0 Å². The Morgan fingerprint density at radius 1 is 1.22 bits per heavy atom. The molecule has 100 valence electrons. The lowest BCUT2D eigenvalue weighted by Crippen LogP contribution is -2.35. The maximum Gasteiger partial charge on any atom is 0.122 e. The molecule has 1 fully saturated rings. The van der Waals surface area contributed by atoms with E-state index in [9.17, 15) is 0 Å². The molecule has 18 heavy (non-hydrogen) atoms. The molecule has 1 aromatic carbocycles. The van der Waals surface area contributed by atoms with E-state index >= 15 is 0 Å². The average Bonchev–Trinajstić information content (AvgIpc) is 3.10. The van der Waals surface area contributed by atoms with Gasteiger partial charge in [-0.1, -0.05) is 32.9 Å². The van der Waals surface area contributed by atoms with Crippen molar-refractivity contribution >= 4 is 0 Å². The molecule has 0 spiro atoms. The molecule has 1 aromatic rings. The molecule has 2 nitrogen and oxygen atoms in total. The van der Waals surface area contributed by atoms with Crippen molar-refractivity contribution in [3.63, 3.8) is 0 Å². The molecular formula is C16H25NO. The second-order valence-corrected chi connectivity index (χ2v) is 5.81. The molecule has 0 amide bonds. The van der Waals surface area contributed by atoms with Crippen LogP contribution in [-0.2, 0) is 6.42 Å². The van der Waals surface area contributed by atoms with Gasteiger partial charge in [-0.25, -0.2) is 0 Å². The van der Waals surface area contributed by atoms with Crippen molar-refractivity contribution in [1.29, 1.82) is 0 Å². The van der Waals surface area contributed by atoms with Crippen molar-refractivity contribution in [3.05, 3.63) is 29.8 Å². The van der Waals surface area contributed by atoms with Crippen molar-refractivity contribution in [2.45, 2.75) is 45.6 Å². The van der Waals surface area contributed by atoms with Gasteiger partial charge in [0, 0.05) is 6.54 Å². The van der Waals surface area contributed by atoms with E-state index in [1.807, 2.05) is 0 Å². The van der Waals surface area contributed by atoms with Crippen LogP contribution in [0.4, 0.5) is 0 Å². The maximum absolute atomic E-state index is 6.13. The normalized spacial score (nSPS) is 16.9. The minimum Gasteiger partial charge on any atom is -0.486 e. The first-order valence-electron chi connectivity index (χ1n) is 7.12. The third kappa shape index (κ3) is 3.74. The van der Waals surface area contributed by atoms with E-state index in [0.29, 0.717) is 5.92 Å². The first-order chi connectivity index (χ1) is 8.63. The fourth-order valence-corrected chi connectivity index (χ4v) is 2.09. The van der Waals surface area contributed by atoms with Gasteiger partial charge < -0.3 is 10.1 Å². The summed E-state index contributed by atoms with van der Waals surface area (Å²) in [6.07, 6.45) is 3.43. The van der Waals surface area contributed by atoms with Gasteiger partial charge in [0.05, 0.1) is 0 Å². The second-order valence-electron chi connectivity index (χ2n) is 5.81. The van der Waals surface area contributed by atoms with Gasteiger partial charge in [0.15, 0.2) is 0 Å². The fraction of sp³-hybridized carbons (Fsp3) is 0.625. The minimum atomic E-state index is 0.0720. The minimum absolute atomic E-state index is 0.0720. The molecule has 2 rings (SSSR count). The Bertz CT molecular complexity index is 365. The van der Waals surface area contributed by atoms with Crippen LogP contribution >= 0.6 is 0 Å². The molecule has 0 aliphatic heterocycles. The number of benzene rings is 1. The lowest BCUT2D eigenvalue weighted by Gasteiger charge is -2.19. The zero-order chi connectivity index (χ0) is 13.0. The predicted octanol–water partition coefficient (Wildman–Crippen LogP) is 3.41. The van der Waals surface area contributed by atoms with Crippen LogP contribution in [-0.4, -0.2) is 18.7 Å². The molecule has 0 heterocycles. The highest BCUT2D eigenvalue weighted by Crippen LogP contribution is 2.39. The summed E-state index contributed by atoms with van der Waals surface area (Å²) < 4.78 is 6.13. The third-order valence-corrected chi connectivity index (χ3v) is 3.47. The van der Waals surface area contributed by atoms with E-state index in [1.165, 1.54) is 18.4 Å². The first kappa shape index (κ1) is 13.4. The molecule has 0 unspecified atom stereocenters. The van der Waals surface area contributed by atoms with Gasteiger partial charge in [0.2, 0.25) is 0 Å². The van der Waals surface area contributed by atoms with Crippen LogP contribution in [0.25, 0.3) is 0 Å². The topological polar surface area (TPSA) is 21.3 Å². The highest BCUT2D eigenvalue weighted by Gasteiger charge is 2.45. The number of rotatable bonds is 7. The Morgan fingerprint density at radius 3 is 2.39 bits per heavy atom. The van der Waals surface area contributed by atoms with Crippen molar-refractivity contribution in [3.8, 4) is 5.75 Å². The van der Waals surface area contributed by atoms with Gasteiger partial charge in [-0.15, -0.1) is 0 Å². The summed E-state index contributed by atoms with van der Waals surface area (Å²) >= 11 is 0. The SMILES string of the molecule is CCc1ccc(OC2(CNCC(C)C)CC2)cc1. The van der Waals surface area contributed by atoms with Crippen molar-refractivity contribution in [2.75, 3.05) is 13.1 Å². The summed E-state index contributed by atoms with van der Waals surface area (Å²) in [5.74, 6) is 1.71. The van der Waals surface area contributed by atoms with Crippen molar-refractivity contribution in [2.24, 2.45) is 5.92 Å². The Balaban J connectivity index is 1.84. The molecule has 1 aliphatic rings. The van der Waals surface area contributed by atoms with Gasteiger partial charge in [0.25, 0.3) is 0 Å². The lowest BCUT2D eigenvalue weighted by molar-refractivity contribution is 0.174. The molecule has 1 aliphatic carbocycles. The van der Waals surface area contributed by atoms with Crippen LogP contribution in [0.1, 0.15) is 39.2 Å². The van der Waals surface area contributed by atoms with Gasteiger partial charge in [0.1, 0.15) is 11.4 Å². The maximum atomic E-state index is 6.13. The Kier molecular flexibility index (Phi) is 4.28. The largest absolute Gasteiger partial charge is 0.486 e. The van der Waals surface area contributed by atoms with E-state index in [-0.39, 0.29) is 5.60 Å². The smallest absolute Gasteiger partial charge is 0.122 e. The van der Waals surface area contributed by atoms with Crippen LogP contribution in [0.2, 0.25) is 0 Å². The van der Waals surface area contributed by atoms with Crippen LogP contribution in [0.3, 0.4) is 0 Å². The summed E-state index contributed by atoms with van der Waals surface area (Å²) in [5, 5.41) is 3.51. The highest BCUT2D eigenvalue weighted by molar-refractivity contribution is 5.28. The van der Waals surface area contributed by atoms with Crippen molar-refractivity contribution in [1.82, 2.24) is 5.32 Å². The molecular weight excluding hydrogens is 222 g/mol. The molecule has 1 N–H and O–H groups in total. The van der Waals surface area contributed by atoms with E-state index in [1.54, 1.807) is 0 Å². The molecule has 0 bridgehead atoms. The molecule has 2 heteroatoms. The Morgan fingerprint density at radius 2 is 1.89 bits per heavy atom. The van der Waals surface area contributed by atoms with Gasteiger partial charge in [-0.05, 0) is 49.4 Å². The quantitative estimate of drug-likeness (QED) is 0.797. The summed E-state index contributed by atoms with van der Waals surface area (Å²) in [4.78, 5) is 0. The van der Waals surface area contributed by atoms with Crippen LogP contribution in [0.15, 0.2) is 24.3 Å². The van der Waals surface area contributed by atoms with Gasteiger partial charge in [-0.3, -0.25) is 0 Å². The zero-order valence-corrected chi connectivity index (χ0v) is 11.8. The second kappa shape index (κ2) is 5.75. The molecule has 0 saturated heterocycles. The van der Waals surface area contributed by atoms with Crippen LogP contribution in [0.5, 0.6) is 5.75 Å². The average molecular weight is 247 g/mol. The summed E-state index contributed by atoms with van der Waals surface area (Å²) in [5.41, 5.74) is 1.44. The lowest BCUT2D eigenvalue weighted by atomic mass is 10.2. The summed E-state index contributed by atoms with van der Waals surface area (Å²) in [6, 6.07) is 8.52. The first-order valence-corrected chi connectivity index (χ1v) is 7.12. The Hall–Kier alpha value is -1.02. The van der Waals surface area contributed by atoms with E-state index < -0.39 is 0 Å². The number of hydrogen-bond acceptors (Lipinski definition) is 2. The predicted molar refractivity (Wildman–Crippen MR) is 76.1 cm³/mol. The standard InChI is InChI=1S/C16H25NO/c1-4-14-5-7-15(8-6-14)18-16(9-10-16)12-17-11-13(2)3/h5-8,13,17H,4,9-12H2,1-3H3. The number of ether oxygens (including phenoxy) is 1. The van der Waals surface area contributed by atoms with Gasteiger partial charge >= 0.3 is 0 Å². The molecule has 0 atom stereocenters. The molecule has 0 radical (unpaired) electrons. The van der Waals surface area contributed by atoms with Crippen molar-refractivity contribution < 1.29 is 4.74 Å². The number of aryl methyl sites for hydroxylation is 1. The number of hydrogen-bond donors (Lipinski definition) is 1. The zero-order valence-electron chi connectivity index (χ0n) is 11.8. The van der Waals surface area contributed by atoms with Crippen LogP contribution in [0, 0.1) is 5.92 Å². The number of nitrogens with one attached hydrogen (secondary N) is 1. The van der Waals surface area contributed by atoms with E-state index in [2.05, 4.69) is 50.4 Å². The van der Waals surface area contributed by atoms with E-state index in [4.69, 9.17) is 4.74 Å². The Labute approximate surface area is 111 Å². The monoisotopic (exact) mass is 247 g/mol. The van der Waals surface area contributed by atoms with E-state index in [0.717, 1.165) is 25.3 Å². The van der Waals surface area contributed by atoms with Crippen LogP contribution < -0.4 is 10.1 Å². The summed E-state index contributed by atoms with van der Waals surface area (Å²) in [7, 11) is 0. The molecule has 0 aromatic heterocycles. The molecule has 1 saturated carbocycles. The fourth-order valence-electron chi connectivity index (χ4n) is 2.09. The third-order valence-electron chi connectivity index (χ3n) is 3.47. The highest BCUT2D eigenvalue weighted by atomic mass is 16.5.